The molecule has 0 saturated heterocycles. The van der Waals surface area contributed by atoms with Crippen molar-refractivity contribution in [1.82, 2.24) is 5.32 Å². The van der Waals surface area contributed by atoms with Gasteiger partial charge in [0.2, 0.25) is 0 Å². The molecule has 1 saturated carbocycles. The molecule has 0 amide bonds. The first-order chi connectivity index (χ1) is 8.74. The van der Waals surface area contributed by atoms with Crippen LogP contribution >= 0.6 is 0 Å². The molecule has 1 aromatic carbocycles. The van der Waals surface area contributed by atoms with E-state index >= 15 is 0 Å². The second-order valence-electron chi connectivity index (χ2n) is 5.42. The first-order valence-electron chi connectivity index (χ1n) is 6.89. The van der Waals surface area contributed by atoms with Gasteiger partial charge >= 0.3 is 0 Å². The van der Waals surface area contributed by atoms with Gasteiger partial charge in [-0.25, -0.2) is 0 Å². The molecule has 0 spiro atoms. The summed E-state index contributed by atoms with van der Waals surface area (Å²) < 4.78 is 11.2. The van der Waals surface area contributed by atoms with Crippen molar-refractivity contribution in [1.29, 1.82) is 0 Å². The van der Waals surface area contributed by atoms with Crippen LogP contribution in [0.4, 0.5) is 0 Å². The summed E-state index contributed by atoms with van der Waals surface area (Å²) in [6, 6.07) is 7.57. The van der Waals surface area contributed by atoms with E-state index in [0.717, 1.165) is 17.5 Å². The van der Waals surface area contributed by atoms with Crippen LogP contribution in [0, 0.1) is 0 Å². The van der Waals surface area contributed by atoms with Crippen molar-refractivity contribution in [2.24, 2.45) is 0 Å². The van der Waals surface area contributed by atoms with Gasteiger partial charge in [-0.1, -0.05) is 13.0 Å². The van der Waals surface area contributed by atoms with Crippen LogP contribution in [0.15, 0.2) is 18.2 Å². The normalized spacial score (nSPS) is 21.4. The van der Waals surface area contributed by atoms with Gasteiger partial charge < -0.3 is 14.8 Å². The van der Waals surface area contributed by atoms with Crippen molar-refractivity contribution < 1.29 is 9.47 Å². The molecule has 0 aromatic heterocycles. The van der Waals surface area contributed by atoms with Gasteiger partial charge in [-0.2, -0.15) is 0 Å². The second kappa shape index (κ2) is 4.81. The van der Waals surface area contributed by atoms with Crippen LogP contribution in [0.1, 0.15) is 38.2 Å². The van der Waals surface area contributed by atoms with Gasteiger partial charge in [0.05, 0.1) is 0 Å². The molecule has 1 N–H and O–H groups in total. The summed E-state index contributed by atoms with van der Waals surface area (Å²) in [7, 11) is 0. The summed E-state index contributed by atoms with van der Waals surface area (Å²) in [5, 5.41) is 3.66. The highest BCUT2D eigenvalue weighted by Gasteiger charge is 2.26. The number of hydrogen-bond acceptors (Lipinski definition) is 3. The molecule has 3 heteroatoms. The summed E-state index contributed by atoms with van der Waals surface area (Å²) in [6.07, 6.45) is 2.66. The molecule has 3 nitrogen and oxygen atoms in total. The maximum atomic E-state index is 5.64. The minimum atomic E-state index is 0.487. The van der Waals surface area contributed by atoms with Gasteiger partial charge in [0.1, 0.15) is 13.2 Å². The zero-order valence-electron chi connectivity index (χ0n) is 11.1. The van der Waals surface area contributed by atoms with Gasteiger partial charge in [0, 0.05) is 12.1 Å². The number of rotatable bonds is 4. The minimum Gasteiger partial charge on any atom is -0.486 e. The Kier molecular flexibility index (Phi) is 3.16. The number of nitrogens with one attached hydrogen (secondary N) is 1. The van der Waals surface area contributed by atoms with E-state index in [1.165, 1.54) is 18.4 Å². The zero-order valence-corrected chi connectivity index (χ0v) is 11.1. The van der Waals surface area contributed by atoms with Gasteiger partial charge in [-0.05, 0) is 43.4 Å². The highest BCUT2D eigenvalue weighted by molar-refractivity contribution is 5.44. The fraction of sp³-hybridized carbons (Fsp3) is 0.600. The van der Waals surface area contributed by atoms with Crippen LogP contribution in [0.2, 0.25) is 0 Å². The third-order valence-corrected chi connectivity index (χ3v) is 3.92. The third-order valence-electron chi connectivity index (χ3n) is 3.92. The molecule has 1 aromatic rings. The molecule has 0 bridgehead atoms. The highest BCUT2D eigenvalue weighted by atomic mass is 16.6. The third kappa shape index (κ3) is 2.46. The molecule has 2 aliphatic rings. The van der Waals surface area contributed by atoms with E-state index in [-0.39, 0.29) is 0 Å². The molecule has 1 aliphatic heterocycles. The molecule has 1 heterocycles. The number of ether oxygens (including phenoxy) is 2. The average Bonchev–Trinajstić information content (AvgIpc) is 3.21. The van der Waals surface area contributed by atoms with Crippen LogP contribution < -0.4 is 14.8 Å². The van der Waals surface area contributed by atoms with Crippen LogP contribution in [0.25, 0.3) is 0 Å². The van der Waals surface area contributed by atoms with Gasteiger partial charge in [0.25, 0.3) is 0 Å². The summed E-state index contributed by atoms with van der Waals surface area (Å²) in [5.41, 5.74) is 1.32. The summed E-state index contributed by atoms with van der Waals surface area (Å²) in [4.78, 5) is 0. The molecule has 1 fully saturated rings. The van der Waals surface area contributed by atoms with Crippen LogP contribution in [0.3, 0.4) is 0 Å². The van der Waals surface area contributed by atoms with E-state index in [2.05, 4.69) is 31.3 Å². The number of fused-ring (bicyclic) bond motifs is 1. The Morgan fingerprint density at radius 1 is 1.11 bits per heavy atom. The molecule has 2 unspecified atom stereocenters. The quantitative estimate of drug-likeness (QED) is 0.887. The molecular formula is C15H21NO2. The van der Waals surface area contributed by atoms with Crippen molar-refractivity contribution >= 4 is 0 Å². The summed E-state index contributed by atoms with van der Waals surface area (Å²) >= 11 is 0. The largest absolute Gasteiger partial charge is 0.486 e. The summed E-state index contributed by atoms with van der Waals surface area (Å²) in [5.74, 6) is 2.26. The summed E-state index contributed by atoms with van der Waals surface area (Å²) in [6.45, 7) is 5.84. The lowest BCUT2D eigenvalue weighted by Crippen LogP contribution is -2.32. The SMILES string of the molecule is CC(NC1CC1)C(C)c1ccc2c(c1)OCCO2. The van der Waals surface area contributed by atoms with Crippen molar-refractivity contribution in [3.8, 4) is 11.5 Å². The fourth-order valence-electron chi connectivity index (χ4n) is 2.40. The van der Waals surface area contributed by atoms with E-state index in [1.54, 1.807) is 0 Å². The van der Waals surface area contributed by atoms with Crippen molar-refractivity contribution in [2.75, 3.05) is 13.2 Å². The Labute approximate surface area is 108 Å². The first kappa shape index (κ1) is 11.8. The van der Waals surface area contributed by atoms with Gasteiger partial charge in [0.15, 0.2) is 11.5 Å². The van der Waals surface area contributed by atoms with Gasteiger partial charge in [-0.3, -0.25) is 0 Å². The fourth-order valence-corrected chi connectivity index (χ4v) is 2.40. The molecule has 2 atom stereocenters. The van der Waals surface area contributed by atoms with E-state index in [0.29, 0.717) is 25.2 Å². The molecule has 3 rings (SSSR count). The predicted octanol–water partition coefficient (Wildman–Crippen LogP) is 2.70. The first-order valence-corrected chi connectivity index (χ1v) is 6.89. The highest BCUT2D eigenvalue weighted by Crippen LogP contribution is 2.34. The monoisotopic (exact) mass is 247 g/mol. The van der Waals surface area contributed by atoms with Crippen LogP contribution in [0.5, 0.6) is 11.5 Å². The Bertz CT molecular complexity index is 429. The molecule has 18 heavy (non-hydrogen) atoms. The molecule has 1 aliphatic carbocycles. The van der Waals surface area contributed by atoms with Crippen molar-refractivity contribution in [2.45, 2.75) is 44.7 Å². The Hall–Kier alpha value is -1.22. The standard InChI is InChI=1S/C15H21NO2/c1-10(11(2)16-13-4-5-13)12-3-6-14-15(9-12)18-8-7-17-14/h3,6,9-11,13,16H,4-5,7-8H2,1-2H3. The van der Waals surface area contributed by atoms with Crippen LogP contribution in [-0.4, -0.2) is 25.3 Å². The Morgan fingerprint density at radius 2 is 1.83 bits per heavy atom. The molecule has 98 valence electrons. The zero-order chi connectivity index (χ0) is 12.5. The Balaban J connectivity index is 1.73. The predicted molar refractivity (Wildman–Crippen MR) is 71.5 cm³/mol. The van der Waals surface area contributed by atoms with Crippen LogP contribution in [-0.2, 0) is 0 Å². The molecular weight excluding hydrogens is 226 g/mol. The minimum absolute atomic E-state index is 0.487. The van der Waals surface area contributed by atoms with Crippen molar-refractivity contribution in [3.63, 3.8) is 0 Å². The lowest BCUT2D eigenvalue weighted by molar-refractivity contribution is 0.171. The van der Waals surface area contributed by atoms with Crippen molar-refractivity contribution in [3.05, 3.63) is 23.8 Å². The maximum absolute atomic E-state index is 5.64. The smallest absolute Gasteiger partial charge is 0.161 e. The number of hydrogen-bond donors (Lipinski definition) is 1. The number of benzene rings is 1. The van der Waals surface area contributed by atoms with E-state index in [1.807, 2.05) is 6.07 Å². The van der Waals surface area contributed by atoms with E-state index < -0.39 is 0 Å². The Morgan fingerprint density at radius 3 is 2.56 bits per heavy atom. The van der Waals surface area contributed by atoms with Gasteiger partial charge in [-0.15, -0.1) is 0 Å². The molecule has 0 radical (unpaired) electrons. The topological polar surface area (TPSA) is 30.5 Å². The lowest BCUT2D eigenvalue weighted by atomic mass is 9.94. The lowest BCUT2D eigenvalue weighted by Gasteiger charge is -2.24. The maximum Gasteiger partial charge on any atom is 0.161 e. The van der Waals surface area contributed by atoms with E-state index in [4.69, 9.17) is 9.47 Å². The second-order valence-corrected chi connectivity index (χ2v) is 5.42. The van der Waals surface area contributed by atoms with E-state index in [9.17, 15) is 0 Å². The average molecular weight is 247 g/mol.